The van der Waals surface area contributed by atoms with E-state index in [1.807, 2.05) is 45.0 Å². The summed E-state index contributed by atoms with van der Waals surface area (Å²) in [5.74, 6) is 0.533. The Morgan fingerprint density at radius 2 is 1.48 bits per heavy atom. The zero-order chi connectivity index (χ0) is 16.8. The highest BCUT2D eigenvalue weighted by molar-refractivity contribution is 5.97. The summed E-state index contributed by atoms with van der Waals surface area (Å²) in [5.41, 5.74) is 0.771. The predicted molar refractivity (Wildman–Crippen MR) is 89.8 cm³/mol. The number of rotatable bonds is 6. The molecule has 0 spiro atoms. The highest BCUT2D eigenvalue weighted by Gasteiger charge is 2.16. The second kappa shape index (κ2) is 7.77. The number of carbonyl (C=O) groups excluding carboxylic acids is 2. The maximum absolute atomic E-state index is 11.8. The molecule has 0 N–H and O–H groups in total. The van der Waals surface area contributed by atoms with E-state index in [0.29, 0.717) is 24.3 Å². The van der Waals surface area contributed by atoms with Gasteiger partial charge in [-0.05, 0) is 31.4 Å². The largest absolute Gasteiger partial charge is 0.426 e. The molecule has 0 aliphatic rings. The summed E-state index contributed by atoms with van der Waals surface area (Å²) >= 11 is 0. The van der Waals surface area contributed by atoms with Gasteiger partial charge in [-0.1, -0.05) is 38.1 Å². The van der Waals surface area contributed by atoms with Crippen LogP contribution in [0.3, 0.4) is 0 Å². The highest BCUT2D eigenvalue weighted by Crippen LogP contribution is 2.36. The Bertz CT molecular complexity index is 719. The third kappa shape index (κ3) is 4.09. The fourth-order valence-corrected chi connectivity index (χ4v) is 2.42. The lowest BCUT2D eigenvalue weighted by molar-refractivity contribution is -0.135. The number of esters is 2. The van der Waals surface area contributed by atoms with Gasteiger partial charge in [0.1, 0.15) is 11.5 Å². The first-order valence-corrected chi connectivity index (χ1v) is 8.00. The molecule has 0 aliphatic heterocycles. The molecule has 0 fully saturated rings. The van der Waals surface area contributed by atoms with Gasteiger partial charge in [-0.25, -0.2) is 0 Å². The van der Waals surface area contributed by atoms with Crippen molar-refractivity contribution < 1.29 is 19.1 Å². The van der Waals surface area contributed by atoms with Crippen LogP contribution < -0.4 is 9.47 Å². The summed E-state index contributed by atoms with van der Waals surface area (Å²) in [6.07, 6.45) is 2.23. The molecule has 0 saturated carbocycles. The van der Waals surface area contributed by atoms with Gasteiger partial charge >= 0.3 is 11.9 Å². The Kier molecular flexibility index (Phi) is 5.74. The summed E-state index contributed by atoms with van der Waals surface area (Å²) in [7, 11) is 0. The van der Waals surface area contributed by atoms with Crippen molar-refractivity contribution in [1.82, 2.24) is 0 Å². The summed E-state index contributed by atoms with van der Waals surface area (Å²) < 4.78 is 11.0. The average Bonchev–Trinajstić information content (AvgIpc) is 2.51. The van der Waals surface area contributed by atoms with E-state index < -0.39 is 0 Å². The van der Waals surface area contributed by atoms with Crippen LogP contribution in [0.4, 0.5) is 0 Å². The zero-order valence-corrected chi connectivity index (χ0v) is 13.8. The third-order valence-electron chi connectivity index (χ3n) is 3.49. The number of benzene rings is 2. The van der Waals surface area contributed by atoms with E-state index in [1.165, 1.54) is 0 Å². The first-order chi connectivity index (χ1) is 11.1. The second-order valence-electron chi connectivity index (χ2n) is 5.51. The minimum Gasteiger partial charge on any atom is -0.426 e. The van der Waals surface area contributed by atoms with Crippen molar-refractivity contribution >= 4 is 22.7 Å². The SMILES string of the molecule is CCCC(=O)Oc1cc(C)c(OC(=O)CCC)c2ccccc12. The Labute approximate surface area is 136 Å². The van der Waals surface area contributed by atoms with E-state index >= 15 is 0 Å². The van der Waals surface area contributed by atoms with Crippen molar-refractivity contribution in [2.24, 2.45) is 0 Å². The second-order valence-corrected chi connectivity index (χ2v) is 5.51. The number of aryl methyl sites for hydroxylation is 1. The van der Waals surface area contributed by atoms with E-state index in [1.54, 1.807) is 6.07 Å². The topological polar surface area (TPSA) is 52.6 Å². The van der Waals surface area contributed by atoms with E-state index in [4.69, 9.17) is 9.47 Å². The number of carbonyl (C=O) groups is 2. The number of ether oxygens (including phenoxy) is 2. The summed E-state index contributed by atoms with van der Waals surface area (Å²) in [6.45, 7) is 5.71. The fraction of sp³-hybridized carbons (Fsp3) is 0.368. The Morgan fingerprint density at radius 3 is 2.09 bits per heavy atom. The molecule has 0 aliphatic carbocycles. The molecule has 0 aromatic heterocycles. The van der Waals surface area contributed by atoms with Crippen molar-refractivity contribution in [2.75, 3.05) is 0 Å². The molecule has 0 amide bonds. The molecule has 0 bridgehead atoms. The lowest BCUT2D eigenvalue weighted by atomic mass is 10.0. The molecule has 2 aromatic rings. The van der Waals surface area contributed by atoms with Crippen LogP contribution in [0.5, 0.6) is 11.5 Å². The van der Waals surface area contributed by atoms with Crippen molar-refractivity contribution in [3.8, 4) is 11.5 Å². The van der Waals surface area contributed by atoms with Gasteiger partial charge in [-0.3, -0.25) is 9.59 Å². The monoisotopic (exact) mass is 314 g/mol. The van der Waals surface area contributed by atoms with Crippen LogP contribution in [-0.2, 0) is 9.59 Å². The molecule has 2 aromatic carbocycles. The molecular formula is C19H22O4. The molecule has 0 heterocycles. The molecule has 4 nitrogen and oxygen atoms in total. The van der Waals surface area contributed by atoms with Gasteiger partial charge in [0.2, 0.25) is 0 Å². The Balaban J connectivity index is 2.45. The van der Waals surface area contributed by atoms with Crippen molar-refractivity contribution in [3.05, 3.63) is 35.9 Å². The summed E-state index contributed by atoms with van der Waals surface area (Å²) in [4.78, 5) is 23.7. The average molecular weight is 314 g/mol. The van der Waals surface area contributed by atoms with Gasteiger partial charge in [0.25, 0.3) is 0 Å². The molecule has 23 heavy (non-hydrogen) atoms. The molecular weight excluding hydrogens is 292 g/mol. The lowest BCUT2D eigenvalue weighted by Gasteiger charge is -2.14. The fourth-order valence-electron chi connectivity index (χ4n) is 2.42. The lowest BCUT2D eigenvalue weighted by Crippen LogP contribution is -2.10. The van der Waals surface area contributed by atoms with Gasteiger partial charge in [-0.15, -0.1) is 0 Å². The van der Waals surface area contributed by atoms with E-state index in [-0.39, 0.29) is 11.9 Å². The van der Waals surface area contributed by atoms with Crippen LogP contribution in [-0.4, -0.2) is 11.9 Å². The predicted octanol–water partition coefficient (Wildman–Crippen LogP) is 4.56. The normalized spacial score (nSPS) is 10.6. The van der Waals surface area contributed by atoms with Crippen molar-refractivity contribution in [2.45, 2.75) is 46.5 Å². The van der Waals surface area contributed by atoms with Gasteiger partial charge in [0.15, 0.2) is 0 Å². The maximum Gasteiger partial charge on any atom is 0.311 e. The van der Waals surface area contributed by atoms with E-state index in [2.05, 4.69) is 0 Å². The first-order valence-electron chi connectivity index (χ1n) is 8.00. The standard InChI is InChI=1S/C19H22O4/c1-4-8-17(20)22-16-12-13(3)19(23-18(21)9-5-2)15-11-7-6-10-14(15)16/h6-7,10-12H,4-5,8-9H2,1-3H3. The van der Waals surface area contributed by atoms with Crippen LogP contribution in [0, 0.1) is 6.92 Å². The Hall–Kier alpha value is -2.36. The van der Waals surface area contributed by atoms with Crippen LogP contribution in [0.2, 0.25) is 0 Å². The van der Waals surface area contributed by atoms with Crippen molar-refractivity contribution in [1.29, 1.82) is 0 Å². The molecule has 0 atom stereocenters. The van der Waals surface area contributed by atoms with Crippen molar-refractivity contribution in [3.63, 3.8) is 0 Å². The van der Waals surface area contributed by atoms with Crippen LogP contribution in [0.1, 0.15) is 45.1 Å². The van der Waals surface area contributed by atoms with Crippen LogP contribution in [0.25, 0.3) is 10.8 Å². The number of hydrogen-bond acceptors (Lipinski definition) is 4. The minimum absolute atomic E-state index is 0.253. The number of fused-ring (bicyclic) bond motifs is 1. The molecule has 122 valence electrons. The van der Waals surface area contributed by atoms with Crippen LogP contribution >= 0.6 is 0 Å². The summed E-state index contributed by atoms with van der Waals surface area (Å²) in [5, 5.41) is 1.54. The maximum atomic E-state index is 11.8. The molecule has 2 rings (SSSR count). The minimum atomic E-state index is -0.257. The quantitative estimate of drug-likeness (QED) is 0.579. The van der Waals surface area contributed by atoms with Gasteiger partial charge in [0.05, 0.1) is 0 Å². The van der Waals surface area contributed by atoms with Gasteiger partial charge < -0.3 is 9.47 Å². The van der Waals surface area contributed by atoms with E-state index in [9.17, 15) is 9.59 Å². The van der Waals surface area contributed by atoms with Gasteiger partial charge in [0, 0.05) is 23.6 Å². The van der Waals surface area contributed by atoms with Crippen LogP contribution in [0.15, 0.2) is 30.3 Å². The Morgan fingerprint density at radius 1 is 0.913 bits per heavy atom. The third-order valence-corrected chi connectivity index (χ3v) is 3.49. The summed E-state index contributed by atoms with van der Waals surface area (Å²) in [6, 6.07) is 9.22. The molecule has 0 unspecified atom stereocenters. The zero-order valence-electron chi connectivity index (χ0n) is 13.8. The smallest absolute Gasteiger partial charge is 0.311 e. The van der Waals surface area contributed by atoms with E-state index in [0.717, 1.165) is 29.2 Å². The molecule has 0 saturated heterocycles. The molecule has 4 heteroatoms. The molecule has 0 radical (unpaired) electrons. The highest BCUT2D eigenvalue weighted by atomic mass is 16.5. The van der Waals surface area contributed by atoms with Gasteiger partial charge in [-0.2, -0.15) is 0 Å². The number of hydrogen-bond donors (Lipinski definition) is 0. The first kappa shape index (κ1) is 17.0.